The second-order valence-electron chi connectivity index (χ2n) is 0.365. The van der Waals surface area contributed by atoms with Gasteiger partial charge in [0.25, 0.3) is 0 Å². The van der Waals surface area contributed by atoms with Crippen LogP contribution < -0.4 is 29.6 Å². The largest absolute Gasteiger partial charge is 1.00 e. The summed E-state index contributed by atoms with van der Waals surface area (Å²) in [5, 5.41) is 7.67. The summed E-state index contributed by atoms with van der Waals surface area (Å²) in [6.07, 6.45) is 0. The normalized spacial score (nSPS) is 6.00. The molecular weight excluding hydrogens is 95.1 g/mol. The molecule has 26 valence electrons. The van der Waals surface area contributed by atoms with Gasteiger partial charge in [0.15, 0.2) is 0 Å². The van der Waals surface area contributed by atoms with E-state index < -0.39 is 0 Å². The third-order valence-electron chi connectivity index (χ3n) is 0.0816. The van der Waals surface area contributed by atoms with Crippen LogP contribution in [-0.2, 0) is 0 Å². The van der Waals surface area contributed by atoms with Crippen molar-refractivity contribution in [3.63, 3.8) is 0 Å². The molecule has 0 aromatic heterocycles. The summed E-state index contributed by atoms with van der Waals surface area (Å²) in [6.45, 7) is 0.989. The van der Waals surface area contributed by atoms with Crippen LogP contribution in [0.2, 0.25) is 0 Å². The Bertz CT molecular complexity index is 11.6. The van der Waals surface area contributed by atoms with E-state index in [9.17, 15) is 0 Å². The summed E-state index contributed by atoms with van der Waals surface area (Å²) in [6, 6.07) is 0. The minimum atomic E-state index is 0. The van der Waals surface area contributed by atoms with E-state index in [4.69, 9.17) is 5.11 Å². The molecule has 0 unspecified atom stereocenters. The third kappa shape index (κ3) is 10.9. The van der Waals surface area contributed by atoms with Crippen molar-refractivity contribution < 1.29 is 34.7 Å². The molecule has 0 radical (unpaired) electrons. The molecule has 0 atom stereocenters. The summed E-state index contributed by atoms with van der Waals surface area (Å²) >= 11 is 3.61. The summed E-state index contributed by atoms with van der Waals surface area (Å²) in [5.74, 6) is 0.444. The summed E-state index contributed by atoms with van der Waals surface area (Å²) in [4.78, 5) is 0. The number of thiol groups is 1. The molecule has 0 aromatic rings. The van der Waals surface area contributed by atoms with Gasteiger partial charge in [-0.3, -0.25) is 0 Å². The molecule has 0 fully saturated rings. The molecule has 0 aliphatic rings. The van der Waals surface area contributed by atoms with Crippen molar-refractivity contribution in [1.29, 1.82) is 0 Å². The topological polar surface area (TPSA) is 20.2 Å². The van der Waals surface area contributed by atoms with E-state index in [1.807, 2.05) is 0 Å². The van der Waals surface area contributed by atoms with Crippen LogP contribution in [0.25, 0.3) is 0 Å². The molecule has 3 heteroatoms. The first-order valence-electron chi connectivity index (χ1n) is 0.983. The Balaban J connectivity index is 0. The van der Waals surface area contributed by atoms with E-state index in [2.05, 4.69) is 12.6 Å². The maximum Gasteiger partial charge on any atom is 1.00 e. The quantitative estimate of drug-likeness (QED) is 0.211. The molecule has 1 N–H and O–H groups in total. The minimum absolute atomic E-state index is 0. The van der Waals surface area contributed by atoms with E-state index >= 15 is 0 Å². The zero-order valence-electron chi connectivity index (χ0n) is 3.18. The summed E-state index contributed by atoms with van der Waals surface area (Å²) in [5.41, 5.74) is 0. The average Bonchev–Trinajstić information content (AvgIpc) is 1.37. The summed E-state index contributed by atoms with van der Waals surface area (Å²) in [7, 11) is 0. The molecule has 0 aromatic carbocycles. The second-order valence-corrected chi connectivity index (χ2v) is 0.730. The van der Waals surface area contributed by atoms with Crippen LogP contribution in [0.5, 0.6) is 0 Å². The van der Waals surface area contributed by atoms with Gasteiger partial charge in [-0.05, 0) is 0 Å². The van der Waals surface area contributed by atoms with Gasteiger partial charge in [-0.25, -0.2) is 19.2 Å². The van der Waals surface area contributed by atoms with Crippen LogP contribution in [0.15, 0.2) is 0 Å². The fraction of sp³-hybridized carbons (Fsp3) is 0.500. The maximum atomic E-state index is 7.67. The van der Waals surface area contributed by atoms with E-state index in [-0.39, 0.29) is 29.6 Å². The van der Waals surface area contributed by atoms with Gasteiger partial charge in [-0.15, -0.1) is 5.75 Å². The van der Waals surface area contributed by atoms with Crippen LogP contribution in [0.3, 0.4) is 0 Å². The average molecular weight is 100 g/mol. The van der Waals surface area contributed by atoms with Crippen molar-refractivity contribution in [2.24, 2.45) is 0 Å². The van der Waals surface area contributed by atoms with Crippen LogP contribution >= 0.6 is 12.6 Å². The maximum absolute atomic E-state index is 7.67. The van der Waals surface area contributed by atoms with E-state index in [0.717, 1.165) is 6.61 Å². The molecule has 0 aliphatic carbocycles. The zero-order valence-corrected chi connectivity index (χ0v) is 6.07. The van der Waals surface area contributed by atoms with Gasteiger partial charge in [-0.1, -0.05) is 0 Å². The van der Waals surface area contributed by atoms with Gasteiger partial charge in [0.2, 0.25) is 0 Å². The Labute approximate surface area is 59.5 Å². The standard InChI is InChI=1S/C2H5OS.Na/c3-1-2-4;/h1,3-4H,2H2;/q-1;+1. The summed E-state index contributed by atoms with van der Waals surface area (Å²) < 4.78 is 0. The number of aliphatic hydroxyl groups is 1. The van der Waals surface area contributed by atoms with Crippen molar-refractivity contribution in [2.45, 2.75) is 0 Å². The molecule has 0 heterocycles. The molecule has 0 rings (SSSR count). The molecule has 0 bridgehead atoms. The van der Waals surface area contributed by atoms with Crippen molar-refractivity contribution >= 4 is 12.6 Å². The third-order valence-corrected chi connectivity index (χ3v) is 0.245. The Hall–Kier alpha value is 1.31. The first kappa shape index (κ1) is 9.58. The second kappa shape index (κ2) is 9.00. The Kier molecular flexibility index (Phi) is 17.2. The fourth-order valence-corrected chi connectivity index (χ4v) is 0. The molecule has 0 spiro atoms. The Morgan fingerprint density at radius 1 is 1.80 bits per heavy atom. The van der Waals surface area contributed by atoms with Gasteiger partial charge >= 0.3 is 29.6 Å². The predicted molar refractivity (Wildman–Crippen MR) is 20.1 cm³/mol. The number of hydrogen-bond acceptors (Lipinski definition) is 2. The Morgan fingerprint density at radius 3 is 2.00 bits per heavy atom. The van der Waals surface area contributed by atoms with Gasteiger partial charge in [0, 0.05) is 0 Å². The van der Waals surface area contributed by atoms with E-state index in [1.54, 1.807) is 0 Å². The smallest absolute Gasteiger partial charge is 0.565 e. The molecule has 0 aliphatic heterocycles. The van der Waals surface area contributed by atoms with Crippen LogP contribution in [0.4, 0.5) is 0 Å². The van der Waals surface area contributed by atoms with Crippen molar-refractivity contribution in [3.05, 3.63) is 6.61 Å². The number of rotatable bonds is 1. The predicted octanol–water partition coefficient (Wildman–Crippen LogP) is -2.55. The van der Waals surface area contributed by atoms with Crippen LogP contribution in [-0.4, -0.2) is 10.9 Å². The molecule has 0 amide bonds. The first-order chi connectivity index (χ1) is 1.91. The fourth-order valence-electron chi connectivity index (χ4n) is 0. The van der Waals surface area contributed by atoms with Gasteiger partial charge in [0.05, 0.1) is 0 Å². The van der Waals surface area contributed by atoms with Crippen LogP contribution in [0, 0.1) is 6.61 Å². The minimum Gasteiger partial charge on any atom is -0.565 e. The number of hydrogen-bond donors (Lipinski definition) is 2. The van der Waals surface area contributed by atoms with Crippen LogP contribution in [0.1, 0.15) is 0 Å². The molecule has 1 nitrogen and oxygen atoms in total. The van der Waals surface area contributed by atoms with E-state index in [1.165, 1.54) is 0 Å². The van der Waals surface area contributed by atoms with Gasteiger partial charge in [0.1, 0.15) is 0 Å². The van der Waals surface area contributed by atoms with Crippen molar-refractivity contribution in [3.8, 4) is 0 Å². The SMILES string of the molecule is O[CH-]CS.[Na+]. The monoisotopic (exact) mass is 100.0 g/mol. The van der Waals surface area contributed by atoms with Gasteiger partial charge < -0.3 is 5.11 Å². The van der Waals surface area contributed by atoms with Crippen molar-refractivity contribution in [2.75, 3.05) is 5.75 Å². The molecule has 5 heavy (non-hydrogen) atoms. The van der Waals surface area contributed by atoms with Gasteiger partial charge in [-0.2, -0.15) is 0 Å². The zero-order chi connectivity index (χ0) is 3.41. The van der Waals surface area contributed by atoms with E-state index in [0.29, 0.717) is 5.75 Å². The first-order valence-corrected chi connectivity index (χ1v) is 1.62. The molecule has 0 saturated heterocycles. The number of aliphatic hydroxyl groups excluding tert-OH is 1. The Morgan fingerprint density at radius 2 is 2.00 bits per heavy atom. The van der Waals surface area contributed by atoms with Crippen molar-refractivity contribution in [1.82, 2.24) is 0 Å². The molecule has 0 saturated carbocycles. The molecular formula is C2H5NaOS.